The third kappa shape index (κ3) is 3.85. The molecule has 0 spiro atoms. The standard InChI is InChI=1S/C14H22N4OS/c1-2-9-18-13(11-6-4-3-5-7-11)16-17-14(18)20-10-8-12(15)19/h2,11H,1,3-10H2,(H2,15,19). The van der Waals surface area contributed by atoms with Crippen LogP contribution in [0, 0.1) is 0 Å². The molecule has 2 N–H and O–H groups in total. The molecule has 1 fully saturated rings. The lowest BCUT2D eigenvalue weighted by Crippen LogP contribution is -2.13. The van der Waals surface area contributed by atoms with Crippen LogP contribution >= 0.6 is 11.8 Å². The molecule has 1 saturated carbocycles. The zero-order valence-electron chi connectivity index (χ0n) is 11.8. The van der Waals surface area contributed by atoms with Crippen LogP contribution in [0.25, 0.3) is 0 Å². The topological polar surface area (TPSA) is 73.8 Å². The van der Waals surface area contributed by atoms with Gasteiger partial charge in [0.05, 0.1) is 0 Å². The smallest absolute Gasteiger partial charge is 0.218 e. The second-order valence-electron chi connectivity index (χ2n) is 5.14. The molecular weight excluding hydrogens is 272 g/mol. The van der Waals surface area contributed by atoms with E-state index in [0.29, 0.717) is 18.1 Å². The number of nitrogens with zero attached hydrogens (tertiary/aromatic N) is 3. The molecule has 0 atom stereocenters. The van der Waals surface area contributed by atoms with Crippen LogP contribution in [-0.2, 0) is 11.3 Å². The van der Waals surface area contributed by atoms with Gasteiger partial charge >= 0.3 is 0 Å². The van der Waals surface area contributed by atoms with E-state index < -0.39 is 0 Å². The molecule has 6 heteroatoms. The van der Waals surface area contributed by atoms with Gasteiger partial charge in [0.2, 0.25) is 5.91 Å². The second-order valence-corrected chi connectivity index (χ2v) is 6.20. The van der Waals surface area contributed by atoms with Crippen molar-refractivity contribution in [2.45, 2.75) is 56.1 Å². The van der Waals surface area contributed by atoms with Gasteiger partial charge in [-0.2, -0.15) is 0 Å². The van der Waals surface area contributed by atoms with E-state index >= 15 is 0 Å². The van der Waals surface area contributed by atoms with Crippen LogP contribution < -0.4 is 5.73 Å². The molecule has 110 valence electrons. The average molecular weight is 294 g/mol. The van der Waals surface area contributed by atoms with Gasteiger partial charge in [0.15, 0.2) is 5.16 Å². The zero-order chi connectivity index (χ0) is 14.4. The van der Waals surface area contributed by atoms with E-state index in [-0.39, 0.29) is 5.91 Å². The van der Waals surface area contributed by atoms with Gasteiger partial charge in [-0.05, 0) is 12.8 Å². The van der Waals surface area contributed by atoms with E-state index in [1.807, 2.05) is 6.08 Å². The van der Waals surface area contributed by atoms with Crippen LogP contribution in [0.5, 0.6) is 0 Å². The SMILES string of the molecule is C=CCn1c(SCCC(N)=O)nnc1C1CCCCC1. The largest absolute Gasteiger partial charge is 0.370 e. The number of carbonyl (C=O) groups excluding carboxylic acids is 1. The van der Waals surface area contributed by atoms with E-state index in [0.717, 1.165) is 17.5 Å². The van der Waals surface area contributed by atoms with E-state index in [1.54, 1.807) is 11.8 Å². The van der Waals surface area contributed by atoms with Crippen LogP contribution in [0.3, 0.4) is 0 Å². The summed E-state index contributed by atoms with van der Waals surface area (Å²) in [4.78, 5) is 10.8. The molecule has 1 aliphatic carbocycles. The first-order chi connectivity index (χ1) is 9.72. The van der Waals surface area contributed by atoms with E-state index in [4.69, 9.17) is 5.73 Å². The van der Waals surface area contributed by atoms with Crippen LogP contribution in [0.15, 0.2) is 17.8 Å². The van der Waals surface area contributed by atoms with Crippen molar-refractivity contribution in [2.24, 2.45) is 5.73 Å². The van der Waals surface area contributed by atoms with Crippen LogP contribution in [0.1, 0.15) is 50.3 Å². The first-order valence-corrected chi connectivity index (χ1v) is 8.16. The Morgan fingerprint density at radius 1 is 1.40 bits per heavy atom. The van der Waals surface area contributed by atoms with Gasteiger partial charge in [-0.15, -0.1) is 16.8 Å². The van der Waals surface area contributed by atoms with Gasteiger partial charge in [-0.25, -0.2) is 0 Å². The number of amides is 1. The van der Waals surface area contributed by atoms with Crippen molar-refractivity contribution in [3.8, 4) is 0 Å². The predicted octanol–water partition coefficient (Wildman–Crippen LogP) is 2.48. The molecule has 0 unspecified atom stereocenters. The molecule has 0 aliphatic heterocycles. The Hall–Kier alpha value is -1.30. The van der Waals surface area contributed by atoms with Crippen molar-refractivity contribution in [1.29, 1.82) is 0 Å². The maximum atomic E-state index is 10.8. The highest BCUT2D eigenvalue weighted by Gasteiger charge is 2.22. The fourth-order valence-corrected chi connectivity index (χ4v) is 3.52. The summed E-state index contributed by atoms with van der Waals surface area (Å²) >= 11 is 1.54. The number of thioether (sulfide) groups is 1. The summed E-state index contributed by atoms with van der Waals surface area (Å²) in [6.45, 7) is 4.53. The van der Waals surface area contributed by atoms with Crippen molar-refractivity contribution in [2.75, 3.05) is 5.75 Å². The van der Waals surface area contributed by atoms with Gasteiger partial charge in [-0.3, -0.25) is 4.79 Å². The summed E-state index contributed by atoms with van der Waals surface area (Å²) in [5.41, 5.74) is 5.16. The van der Waals surface area contributed by atoms with Crippen molar-refractivity contribution in [3.05, 3.63) is 18.5 Å². The molecule has 1 aromatic rings. The molecule has 1 amide bonds. The van der Waals surface area contributed by atoms with E-state index in [9.17, 15) is 4.79 Å². The Labute approximate surface area is 124 Å². The van der Waals surface area contributed by atoms with Gasteiger partial charge < -0.3 is 10.3 Å². The fourth-order valence-electron chi connectivity index (χ4n) is 2.61. The molecular formula is C14H22N4OS. The monoisotopic (exact) mass is 294 g/mol. The highest BCUT2D eigenvalue weighted by Crippen LogP contribution is 2.33. The maximum Gasteiger partial charge on any atom is 0.218 e. The second kappa shape index (κ2) is 7.47. The molecule has 0 bridgehead atoms. The van der Waals surface area contributed by atoms with Gasteiger partial charge in [0, 0.05) is 24.6 Å². The lowest BCUT2D eigenvalue weighted by molar-refractivity contribution is -0.117. The van der Waals surface area contributed by atoms with Gasteiger partial charge in [0.25, 0.3) is 0 Å². The van der Waals surface area contributed by atoms with Gasteiger partial charge in [0.1, 0.15) is 5.82 Å². The van der Waals surface area contributed by atoms with Crippen LogP contribution in [-0.4, -0.2) is 26.4 Å². The summed E-state index contributed by atoms with van der Waals surface area (Å²) in [6.07, 6.45) is 8.50. The number of aromatic nitrogens is 3. The number of rotatable bonds is 7. The molecule has 20 heavy (non-hydrogen) atoms. The third-order valence-electron chi connectivity index (χ3n) is 3.61. The number of allylic oxidation sites excluding steroid dienone is 1. The Morgan fingerprint density at radius 2 is 2.15 bits per heavy atom. The molecule has 2 rings (SSSR count). The van der Waals surface area contributed by atoms with Crippen molar-refractivity contribution in [1.82, 2.24) is 14.8 Å². The minimum atomic E-state index is -0.278. The molecule has 0 saturated heterocycles. The summed E-state index contributed by atoms with van der Waals surface area (Å²) in [5.74, 6) is 1.96. The number of nitrogens with two attached hydrogens (primary N) is 1. The van der Waals surface area contributed by atoms with Crippen LogP contribution in [0.4, 0.5) is 0 Å². The minimum Gasteiger partial charge on any atom is -0.370 e. The Kier molecular flexibility index (Phi) is 5.64. The quantitative estimate of drug-likeness (QED) is 0.619. The average Bonchev–Trinajstić information content (AvgIpc) is 2.83. The molecule has 1 aromatic heterocycles. The summed E-state index contributed by atoms with van der Waals surface area (Å²) in [7, 11) is 0. The number of hydrogen-bond acceptors (Lipinski definition) is 4. The molecule has 1 aliphatic rings. The predicted molar refractivity (Wildman–Crippen MR) is 80.6 cm³/mol. The number of hydrogen-bond donors (Lipinski definition) is 1. The van der Waals surface area contributed by atoms with Crippen molar-refractivity contribution < 1.29 is 4.79 Å². The molecule has 0 aromatic carbocycles. The summed E-state index contributed by atoms with van der Waals surface area (Å²) in [5, 5.41) is 9.53. The number of carbonyl (C=O) groups is 1. The van der Waals surface area contributed by atoms with Crippen LogP contribution in [0.2, 0.25) is 0 Å². The van der Waals surface area contributed by atoms with Gasteiger partial charge in [-0.1, -0.05) is 37.1 Å². The normalized spacial score (nSPS) is 16.2. The highest BCUT2D eigenvalue weighted by molar-refractivity contribution is 7.99. The first-order valence-electron chi connectivity index (χ1n) is 7.17. The van der Waals surface area contributed by atoms with Crippen molar-refractivity contribution in [3.63, 3.8) is 0 Å². The zero-order valence-corrected chi connectivity index (χ0v) is 12.6. The Morgan fingerprint density at radius 3 is 2.80 bits per heavy atom. The molecule has 0 radical (unpaired) electrons. The van der Waals surface area contributed by atoms with E-state index in [2.05, 4.69) is 21.3 Å². The Balaban J connectivity index is 2.09. The Bertz CT molecular complexity index is 466. The minimum absolute atomic E-state index is 0.278. The lowest BCUT2D eigenvalue weighted by atomic mass is 9.89. The van der Waals surface area contributed by atoms with E-state index in [1.165, 1.54) is 32.1 Å². The van der Waals surface area contributed by atoms with Crippen molar-refractivity contribution >= 4 is 17.7 Å². The number of primary amides is 1. The molecule has 5 nitrogen and oxygen atoms in total. The summed E-state index contributed by atoms with van der Waals surface area (Å²) in [6, 6.07) is 0. The summed E-state index contributed by atoms with van der Waals surface area (Å²) < 4.78 is 2.13. The third-order valence-corrected chi connectivity index (χ3v) is 4.58. The first kappa shape index (κ1) is 15.1. The molecule has 1 heterocycles. The highest BCUT2D eigenvalue weighted by atomic mass is 32.2. The maximum absolute atomic E-state index is 10.8. The fraction of sp³-hybridized carbons (Fsp3) is 0.643. The lowest BCUT2D eigenvalue weighted by Gasteiger charge is -2.21.